The van der Waals surface area contributed by atoms with Crippen LogP contribution < -0.4 is 15.2 Å². The maximum Gasteiger partial charge on any atom is 0.168 e. The Kier molecular flexibility index (Phi) is 4.41. The highest BCUT2D eigenvalue weighted by Crippen LogP contribution is 2.27. The molecule has 0 amide bonds. The van der Waals surface area contributed by atoms with E-state index in [9.17, 15) is 0 Å². The monoisotopic (exact) mass is 261 g/mol. The van der Waals surface area contributed by atoms with Crippen LogP contribution in [0.25, 0.3) is 0 Å². The lowest BCUT2D eigenvalue weighted by molar-refractivity contribution is 0.408. The first-order valence-electron chi connectivity index (χ1n) is 6.29. The molecule has 0 spiro atoms. The SMILES string of the molecule is COc1cccc(Oc2cnn(CCCN)c2C)c1. The molecule has 5 nitrogen and oxygen atoms in total. The fourth-order valence-electron chi connectivity index (χ4n) is 1.79. The summed E-state index contributed by atoms with van der Waals surface area (Å²) in [5.74, 6) is 2.26. The van der Waals surface area contributed by atoms with Crippen molar-refractivity contribution in [3.05, 3.63) is 36.2 Å². The van der Waals surface area contributed by atoms with Crippen LogP contribution in [0.2, 0.25) is 0 Å². The molecule has 0 fully saturated rings. The minimum Gasteiger partial charge on any atom is -0.497 e. The Morgan fingerprint density at radius 3 is 2.84 bits per heavy atom. The predicted molar refractivity (Wildman–Crippen MR) is 73.7 cm³/mol. The zero-order valence-electron chi connectivity index (χ0n) is 11.3. The third-order valence-electron chi connectivity index (χ3n) is 2.90. The van der Waals surface area contributed by atoms with Gasteiger partial charge in [0.2, 0.25) is 0 Å². The number of ether oxygens (including phenoxy) is 2. The molecule has 2 aromatic rings. The summed E-state index contributed by atoms with van der Waals surface area (Å²) < 4.78 is 12.9. The number of hydrogen-bond acceptors (Lipinski definition) is 4. The molecule has 19 heavy (non-hydrogen) atoms. The molecule has 1 heterocycles. The second kappa shape index (κ2) is 6.24. The molecule has 0 atom stereocenters. The number of hydrogen-bond donors (Lipinski definition) is 1. The van der Waals surface area contributed by atoms with Gasteiger partial charge in [-0.15, -0.1) is 0 Å². The lowest BCUT2D eigenvalue weighted by atomic mass is 10.3. The molecule has 0 saturated heterocycles. The summed E-state index contributed by atoms with van der Waals surface area (Å²) in [4.78, 5) is 0. The van der Waals surface area contributed by atoms with E-state index in [2.05, 4.69) is 5.10 Å². The highest BCUT2D eigenvalue weighted by molar-refractivity contribution is 5.37. The highest BCUT2D eigenvalue weighted by atomic mass is 16.5. The number of rotatable bonds is 6. The average Bonchev–Trinajstić information content (AvgIpc) is 2.78. The maximum atomic E-state index is 5.82. The lowest BCUT2D eigenvalue weighted by Crippen LogP contribution is -2.08. The molecule has 0 radical (unpaired) electrons. The summed E-state index contributed by atoms with van der Waals surface area (Å²) in [5, 5.41) is 4.30. The maximum absolute atomic E-state index is 5.82. The molecule has 0 saturated carbocycles. The Balaban J connectivity index is 2.12. The summed E-state index contributed by atoms with van der Waals surface area (Å²) in [5.41, 5.74) is 6.50. The number of methoxy groups -OCH3 is 1. The Bertz CT molecular complexity index is 537. The van der Waals surface area contributed by atoms with Gasteiger partial charge in [0.25, 0.3) is 0 Å². The summed E-state index contributed by atoms with van der Waals surface area (Å²) in [6, 6.07) is 7.50. The topological polar surface area (TPSA) is 62.3 Å². The molecular weight excluding hydrogens is 242 g/mol. The van der Waals surface area contributed by atoms with Gasteiger partial charge in [0, 0.05) is 12.6 Å². The van der Waals surface area contributed by atoms with Crippen molar-refractivity contribution >= 4 is 0 Å². The molecule has 0 aliphatic rings. The number of benzene rings is 1. The fraction of sp³-hybridized carbons (Fsp3) is 0.357. The molecule has 0 aliphatic heterocycles. The van der Waals surface area contributed by atoms with Crippen molar-refractivity contribution in [2.75, 3.05) is 13.7 Å². The van der Waals surface area contributed by atoms with Crippen LogP contribution in [0.4, 0.5) is 0 Å². The van der Waals surface area contributed by atoms with E-state index >= 15 is 0 Å². The number of aryl methyl sites for hydroxylation is 1. The number of aromatic nitrogens is 2. The van der Waals surface area contributed by atoms with E-state index < -0.39 is 0 Å². The van der Waals surface area contributed by atoms with Gasteiger partial charge in [-0.3, -0.25) is 4.68 Å². The van der Waals surface area contributed by atoms with E-state index in [1.54, 1.807) is 13.3 Å². The Morgan fingerprint density at radius 1 is 1.32 bits per heavy atom. The van der Waals surface area contributed by atoms with Crippen LogP contribution in [0.5, 0.6) is 17.2 Å². The van der Waals surface area contributed by atoms with Gasteiger partial charge in [-0.2, -0.15) is 5.10 Å². The molecular formula is C14H19N3O2. The number of nitrogens with zero attached hydrogens (tertiary/aromatic N) is 2. The smallest absolute Gasteiger partial charge is 0.168 e. The van der Waals surface area contributed by atoms with Crippen LogP contribution in [0.15, 0.2) is 30.5 Å². The van der Waals surface area contributed by atoms with E-state index in [-0.39, 0.29) is 0 Å². The molecule has 0 aliphatic carbocycles. The largest absolute Gasteiger partial charge is 0.497 e. The zero-order chi connectivity index (χ0) is 13.7. The summed E-state index contributed by atoms with van der Waals surface area (Å²) in [6.07, 6.45) is 2.63. The second-order valence-corrected chi connectivity index (χ2v) is 4.24. The van der Waals surface area contributed by atoms with Gasteiger partial charge in [-0.25, -0.2) is 0 Å². The summed E-state index contributed by atoms with van der Waals surface area (Å²) in [6.45, 7) is 3.45. The minimum absolute atomic E-state index is 0.658. The van der Waals surface area contributed by atoms with Crippen molar-refractivity contribution in [2.24, 2.45) is 5.73 Å². The standard InChI is InChI=1S/C14H19N3O2/c1-11-14(10-16-17(11)8-4-7-15)19-13-6-3-5-12(9-13)18-2/h3,5-6,9-10H,4,7-8,15H2,1-2H3. The number of nitrogens with two attached hydrogens (primary N) is 1. The van der Waals surface area contributed by atoms with Gasteiger partial charge in [0.1, 0.15) is 11.5 Å². The van der Waals surface area contributed by atoms with Gasteiger partial charge < -0.3 is 15.2 Å². The van der Waals surface area contributed by atoms with E-state index in [1.807, 2.05) is 35.9 Å². The van der Waals surface area contributed by atoms with Crippen LogP contribution in [-0.4, -0.2) is 23.4 Å². The van der Waals surface area contributed by atoms with Crippen LogP contribution in [0.1, 0.15) is 12.1 Å². The summed E-state index contributed by atoms with van der Waals surface area (Å²) >= 11 is 0. The van der Waals surface area contributed by atoms with E-state index in [0.717, 1.165) is 35.9 Å². The molecule has 5 heteroatoms. The zero-order valence-corrected chi connectivity index (χ0v) is 11.3. The van der Waals surface area contributed by atoms with Crippen LogP contribution in [0, 0.1) is 6.92 Å². The van der Waals surface area contributed by atoms with Crippen molar-refractivity contribution in [3.8, 4) is 17.2 Å². The Morgan fingerprint density at radius 2 is 2.11 bits per heavy atom. The third kappa shape index (κ3) is 3.26. The second-order valence-electron chi connectivity index (χ2n) is 4.24. The fourth-order valence-corrected chi connectivity index (χ4v) is 1.79. The normalized spacial score (nSPS) is 10.5. The van der Waals surface area contributed by atoms with Gasteiger partial charge in [-0.05, 0) is 32.0 Å². The average molecular weight is 261 g/mol. The van der Waals surface area contributed by atoms with Crippen LogP contribution >= 0.6 is 0 Å². The van der Waals surface area contributed by atoms with Gasteiger partial charge in [0.15, 0.2) is 5.75 Å². The Hall–Kier alpha value is -2.01. The van der Waals surface area contributed by atoms with E-state index in [1.165, 1.54) is 0 Å². The van der Waals surface area contributed by atoms with Gasteiger partial charge >= 0.3 is 0 Å². The van der Waals surface area contributed by atoms with Crippen molar-refractivity contribution in [2.45, 2.75) is 19.9 Å². The molecule has 2 N–H and O–H groups in total. The predicted octanol–water partition coefficient (Wildman–Crippen LogP) is 2.34. The van der Waals surface area contributed by atoms with Crippen molar-refractivity contribution in [1.82, 2.24) is 9.78 Å². The first-order chi connectivity index (χ1) is 9.24. The van der Waals surface area contributed by atoms with Crippen LogP contribution in [0.3, 0.4) is 0 Å². The van der Waals surface area contributed by atoms with E-state index in [0.29, 0.717) is 6.54 Å². The third-order valence-corrected chi connectivity index (χ3v) is 2.90. The molecule has 1 aromatic heterocycles. The Labute approximate surface area is 112 Å². The first-order valence-corrected chi connectivity index (χ1v) is 6.29. The molecule has 0 unspecified atom stereocenters. The van der Waals surface area contributed by atoms with E-state index in [4.69, 9.17) is 15.2 Å². The first kappa shape index (κ1) is 13.4. The van der Waals surface area contributed by atoms with Crippen molar-refractivity contribution < 1.29 is 9.47 Å². The van der Waals surface area contributed by atoms with Crippen molar-refractivity contribution in [1.29, 1.82) is 0 Å². The molecule has 0 bridgehead atoms. The molecule has 102 valence electrons. The lowest BCUT2D eigenvalue weighted by Gasteiger charge is -2.07. The van der Waals surface area contributed by atoms with Gasteiger partial charge in [0.05, 0.1) is 19.0 Å². The highest BCUT2D eigenvalue weighted by Gasteiger charge is 2.08. The molecule has 1 aromatic carbocycles. The molecule has 2 rings (SSSR count). The van der Waals surface area contributed by atoms with Crippen molar-refractivity contribution in [3.63, 3.8) is 0 Å². The minimum atomic E-state index is 0.658. The van der Waals surface area contributed by atoms with Crippen LogP contribution in [-0.2, 0) is 6.54 Å². The quantitative estimate of drug-likeness (QED) is 0.867. The van der Waals surface area contributed by atoms with Gasteiger partial charge in [-0.1, -0.05) is 6.07 Å². The summed E-state index contributed by atoms with van der Waals surface area (Å²) in [7, 11) is 1.63.